The molecule has 0 N–H and O–H groups in total. The van der Waals surface area contributed by atoms with Gasteiger partial charge >= 0.3 is 5.97 Å². The van der Waals surface area contributed by atoms with E-state index in [1.165, 1.54) is 16.8 Å². The first kappa shape index (κ1) is 16.0. The summed E-state index contributed by atoms with van der Waals surface area (Å²) < 4.78 is 20.3. The molecule has 0 radical (unpaired) electrons. The summed E-state index contributed by atoms with van der Waals surface area (Å²) in [5.74, 6) is -0.854. The van der Waals surface area contributed by atoms with Crippen LogP contribution < -0.4 is 4.90 Å². The van der Waals surface area contributed by atoms with E-state index in [0.717, 1.165) is 19.4 Å². The smallest absolute Gasteiger partial charge is 0.356 e. The minimum absolute atomic E-state index is 0.280. The number of benzene rings is 1. The van der Waals surface area contributed by atoms with Gasteiger partial charge in [0.05, 0.1) is 17.8 Å². The number of halogens is 1. The maximum Gasteiger partial charge on any atom is 0.356 e. The van der Waals surface area contributed by atoms with Crippen LogP contribution in [-0.4, -0.2) is 34.9 Å². The van der Waals surface area contributed by atoms with Crippen LogP contribution in [0.15, 0.2) is 30.5 Å². The molecule has 1 atom stereocenters. The summed E-state index contributed by atoms with van der Waals surface area (Å²) in [6.45, 7) is 1.21. The molecule has 6 nitrogen and oxygen atoms in total. The van der Waals surface area contributed by atoms with E-state index in [-0.39, 0.29) is 11.7 Å². The van der Waals surface area contributed by atoms with Gasteiger partial charge in [-0.1, -0.05) is 0 Å². The Bertz CT molecular complexity index is 796. The van der Waals surface area contributed by atoms with Gasteiger partial charge in [-0.25, -0.2) is 9.18 Å². The molecule has 0 aliphatic carbocycles. The van der Waals surface area contributed by atoms with Crippen LogP contribution in [0.1, 0.15) is 28.9 Å². The molecule has 1 saturated heterocycles. The number of esters is 1. The van der Waals surface area contributed by atoms with Gasteiger partial charge in [-0.3, -0.25) is 4.68 Å². The van der Waals surface area contributed by atoms with Crippen molar-refractivity contribution in [2.45, 2.75) is 18.9 Å². The van der Waals surface area contributed by atoms with Crippen LogP contribution in [0.25, 0.3) is 0 Å². The molecule has 0 amide bonds. The van der Waals surface area contributed by atoms with Crippen LogP contribution in [-0.2, 0) is 11.8 Å². The number of rotatable bonds is 3. The highest BCUT2D eigenvalue weighted by atomic mass is 19.1. The van der Waals surface area contributed by atoms with Gasteiger partial charge in [0, 0.05) is 19.8 Å². The van der Waals surface area contributed by atoms with E-state index in [1.54, 1.807) is 25.4 Å². The molecule has 1 aromatic carbocycles. The standard InChI is InChI=1S/C17H17FN4O2/c1-21-16(6-7-20-21)17(23)24-14-3-2-8-22(11-14)15-5-4-13(18)9-12(15)10-19/h4-7,9,14H,2-3,8,11H2,1H3/t14-/m0/s1. The fourth-order valence-corrected chi connectivity index (χ4v) is 2.91. The topological polar surface area (TPSA) is 71.2 Å². The number of nitrogens with zero attached hydrogens (tertiary/aromatic N) is 4. The Morgan fingerprint density at radius 1 is 1.46 bits per heavy atom. The normalized spacial score (nSPS) is 17.4. The Morgan fingerprint density at radius 2 is 2.29 bits per heavy atom. The molecule has 7 heteroatoms. The Hall–Kier alpha value is -2.88. The fourth-order valence-electron chi connectivity index (χ4n) is 2.91. The van der Waals surface area contributed by atoms with Gasteiger partial charge in [0.1, 0.15) is 23.7 Å². The highest BCUT2D eigenvalue weighted by Gasteiger charge is 2.26. The minimum atomic E-state index is -0.438. The largest absolute Gasteiger partial charge is 0.456 e. The van der Waals surface area contributed by atoms with Crippen LogP contribution in [0.3, 0.4) is 0 Å². The number of piperidine rings is 1. The summed E-state index contributed by atoms with van der Waals surface area (Å²) in [7, 11) is 1.68. The molecule has 2 heterocycles. The summed E-state index contributed by atoms with van der Waals surface area (Å²) in [4.78, 5) is 14.2. The third-order valence-electron chi connectivity index (χ3n) is 4.10. The Balaban J connectivity index is 1.72. The van der Waals surface area contributed by atoms with Gasteiger partial charge in [-0.05, 0) is 37.1 Å². The first-order valence-corrected chi connectivity index (χ1v) is 7.72. The van der Waals surface area contributed by atoms with Gasteiger partial charge in [0.2, 0.25) is 0 Å². The third kappa shape index (κ3) is 3.23. The Morgan fingerprint density at radius 3 is 3.00 bits per heavy atom. The number of anilines is 1. The number of hydrogen-bond donors (Lipinski definition) is 0. The summed E-state index contributed by atoms with van der Waals surface area (Å²) in [6, 6.07) is 7.78. The number of carbonyl (C=O) groups is 1. The Labute approximate surface area is 139 Å². The lowest BCUT2D eigenvalue weighted by Gasteiger charge is -2.34. The minimum Gasteiger partial charge on any atom is -0.456 e. The predicted molar refractivity (Wildman–Crippen MR) is 85.0 cm³/mol. The molecule has 0 saturated carbocycles. The van der Waals surface area contributed by atoms with Gasteiger partial charge in [0.25, 0.3) is 0 Å². The van der Waals surface area contributed by atoms with E-state index in [0.29, 0.717) is 17.9 Å². The average molecular weight is 328 g/mol. The molecular formula is C17H17FN4O2. The SMILES string of the molecule is Cn1nccc1C(=O)O[C@H]1CCCN(c2ccc(F)cc2C#N)C1. The molecule has 1 fully saturated rings. The second-order valence-electron chi connectivity index (χ2n) is 5.73. The van der Waals surface area contributed by atoms with Gasteiger partial charge in [0.15, 0.2) is 0 Å². The van der Waals surface area contributed by atoms with E-state index < -0.39 is 11.8 Å². The highest BCUT2D eigenvalue weighted by Crippen LogP contribution is 2.26. The molecule has 0 unspecified atom stereocenters. The zero-order valence-corrected chi connectivity index (χ0v) is 13.3. The number of carbonyl (C=O) groups excluding carboxylic acids is 1. The lowest BCUT2D eigenvalue weighted by atomic mass is 10.1. The molecule has 1 aliphatic rings. The second-order valence-corrected chi connectivity index (χ2v) is 5.73. The van der Waals surface area contributed by atoms with Crippen LogP contribution in [0.2, 0.25) is 0 Å². The quantitative estimate of drug-likeness (QED) is 0.808. The summed E-state index contributed by atoms with van der Waals surface area (Å²) >= 11 is 0. The first-order chi connectivity index (χ1) is 11.6. The van der Waals surface area contributed by atoms with Crippen LogP contribution in [0.4, 0.5) is 10.1 Å². The second kappa shape index (κ2) is 6.71. The summed E-state index contributed by atoms with van der Waals surface area (Å²) in [6.07, 6.45) is 2.84. The van der Waals surface area contributed by atoms with Crippen LogP contribution >= 0.6 is 0 Å². The van der Waals surface area contributed by atoms with E-state index in [1.807, 2.05) is 11.0 Å². The maximum atomic E-state index is 13.3. The van der Waals surface area contributed by atoms with E-state index in [2.05, 4.69) is 5.10 Å². The number of aryl methyl sites for hydroxylation is 1. The Kier molecular flexibility index (Phi) is 4.47. The third-order valence-corrected chi connectivity index (χ3v) is 4.10. The van der Waals surface area contributed by atoms with Crippen LogP contribution in [0, 0.1) is 17.1 Å². The monoisotopic (exact) mass is 328 g/mol. The van der Waals surface area contributed by atoms with Crippen molar-refractivity contribution in [2.75, 3.05) is 18.0 Å². The van der Waals surface area contributed by atoms with Gasteiger partial charge < -0.3 is 9.64 Å². The van der Waals surface area contributed by atoms with E-state index >= 15 is 0 Å². The lowest BCUT2D eigenvalue weighted by molar-refractivity contribution is 0.0257. The number of ether oxygens (including phenoxy) is 1. The summed E-state index contributed by atoms with van der Waals surface area (Å²) in [5, 5.41) is 13.2. The number of nitriles is 1. The van der Waals surface area contributed by atoms with Crippen molar-refractivity contribution in [2.24, 2.45) is 7.05 Å². The van der Waals surface area contributed by atoms with Gasteiger partial charge in [-0.15, -0.1) is 0 Å². The highest BCUT2D eigenvalue weighted by molar-refractivity contribution is 5.87. The van der Waals surface area contributed by atoms with Crippen molar-refractivity contribution in [3.05, 3.63) is 47.5 Å². The predicted octanol–water partition coefficient (Wildman–Crippen LogP) is 2.26. The lowest BCUT2D eigenvalue weighted by Crippen LogP contribution is -2.41. The van der Waals surface area contributed by atoms with E-state index in [9.17, 15) is 14.4 Å². The summed E-state index contributed by atoms with van der Waals surface area (Å²) in [5.41, 5.74) is 1.35. The van der Waals surface area contributed by atoms with Crippen molar-refractivity contribution in [3.63, 3.8) is 0 Å². The molecule has 124 valence electrons. The molecule has 0 bridgehead atoms. The van der Waals surface area contributed by atoms with Crippen molar-refractivity contribution in [1.29, 1.82) is 5.26 Å². The molecule has 1 aromatic heterocycles. The zero-order chi connectivity index (χ0) is 17.1. The van der Waals surface area contributed by atoms with Crippen molar-refractivity contribution in [3.8, 4) is 6.07 Å². The molecular weight excluding hydrogens is 311 g/mol. The van der Waals surface area contributed by atoms with Gasteiger partial charge in [-0.2, -0.15) is 10.4 Å². The average Bonchev–Trinajstić information content (AvgIpc) is 3.01. The van der Waals surface area contributed by atoms with Crippen molar-refractivity contribution < 1.29 is 13.9 Å². The van der Waals surface area contributed by atoms with Crippen molar-refractivity contribution in [1.82, 2.24) is 9.78 Å². The van der Waals surface area contributed by atoms with E-state index in [4.69, 9.17) is 4.74 Å². The molecule has 3 rings (SSSR count). The fraction of sp³-hybridized carbons (Fsp3) is 0.353. The van der Waals surface area contributed by atoms with Crippen molar-refractivity contribution >= 4 is 11.7 Å². The number of hydrogen-bond acceptors (Lipinski definition) is 5. The molecule has 1 aliphatic heterocycles. The number of aromatic nitrogens is 2. The maximum absolute atomic E-state index is 13.3. The zero-order valence-electron chi connectivity index (χ0n) is 13.3. The van der Waals surface area contributed by atoms with Crippen LogP contribution in [0.5, 0.6) is 0 Å². The molecule has 0 spiro atoms. The molecule has 2 aromatic rings. The molecule has 24 heavy (non-hydrogen) atoms. The first-order valence-electron chi connectivity index (χ1n) is 7.72.